The van der Waals surface area contributed by atoms with Crippen LogP contribution in [-0.4, -0.2) is 28.1 Å². The summed E-state index contributed by atoms with van der Waals surface area (Å²) < 4.78 is 6.94. The van der Waals surface area contributed by atoms with E-state index in [-0.39, 0.29) is 18.2 Å². The number of nitrogens with zero attached hydrogens (tertiary/aromatic N) is 2. The highest BCUT2D eigenvalue weighted by molar-refractivity contribution is 5.94. The number of nitrogens with one attached hydrogen (secondary N) is 1. The van der Waals surface area contributed by atoms with E-state index in [1.54, 1.807) is 29.1 Å². The number of aromatic nitrogens is 2. The van der Waals surface area contributed by atoms with Gasteiger partial charge in [-0.05, 0) is 30.7 Å². The third kappa shape index (κ3) is 3.95. The Kier molecular flexibility index (Phi) is 4.94. The number of amides is 2. The number of para-hydroxylation sites is 1. The smallest absolute Gasteiger partial charge is 0.270 e. The van der Waals surface area contributed by atoms with E-state index in [1.165, 1.54) is 0 Å². The van der Waals surface area contributed by atoms with Gasteiger partial charge in [0.2, 0.25) is 5.91 Å². The van der Waals surface area contributed by atoms with Crippen LogP contribution in [0.15, 0.2) is 59.2 Å². The topological polar surface area (TPSA) is 103 Å². The van der Waals surface area contributed by atoms with E-state index < -0.39 is 0 Å². The van der Waals surface area contributed by atoms with E-state index in [1.807, 2.05) is 30.3 Å². The molecule has 2 heterocycles. The Morgan fingerprint density at radius 2 is 1.96 bits per heavy atom. The fourth-order valence-corrected chi connectivity index (χ4v) is 2.41. The van der Waals surface area contributed by atoms with Crippen LogP contribution < -0.4 is 11.1 Å². The number of carbonyl (C=O) groups excluding carboxylic acids is 2. The Balaban J connectivity index is 1.86. The van der Waals surface area contributed by atoms with Crippen LogP contribution in [0.4, 0.5) is 0 Å². The van der Waals surface area contributed by atoms with Crippen LogP contribution >= 0.6 is 0 Å². The molecule has 3 aromatic rings. The molecule has 0 unspecified atom stereocenters. The van der Waals surface area contributed by atoms with E-state index in [0.717, 1.165) is 5.69 Å². The largest absolute Gasteiger partial charge is 0.463 e. The first-order valence-electron chi connectivity index (χ1n) is 7.91. The van der Waals surface area contributed by atoms with Gasteiger partial charge in [0, 0.05) is 19.0 Å². The van der Waals surface area contributed by atoms with Gasteiger partial charge in [-0.15, -0.1) is 0 Å². The molecular formula is C18H18N4O3. The van der Waals surface area contributed by atoms with Crippen LogP contribution in [0.25, 0.3) is 17.1 Å². The number of primary amides is 1. The number of nitrogens with two attached hydrogens (primary N) is 1. The lowest BCUT2D eigenvalue weighted by atomic mass is 10.2. The normalized spacial score (nSPS) is 10.6. The summed E-state index contributed by atoms with van der Waals surface area (Å²) in [6, 6.07) is 14.6. The van der Waals surface area contributed by atoms with Crippen molar-refractivity contribution >= 4 is 11.8 Å². The van der Waals surface area contributed by atoms with Crippen LogP contribution in [0.1, 0.15) is 23.3 Å². The van der Waals surface area contributed by atoms with Crippen molar-refractivity contribution in [1.29, 1.82) is 0 Å². The van der Waals surface area contributed by atoms with Gasteiger partial charge in [0.1, 0.15) is 11.4 Å². The highest BCUT2D eigenvalue weighted by atomic mass is 16.3. The van der Waals surface area contributed by atoms with Gasteiger partial charge in [0.25, 0.3) is 5.91 Å². The molecule has 3 N–H and O–H groups in total. The molecule has 0 aliphatic carbocycles. The van der Waals surface area contributed by atoms with Crippen LogP contribution in [0.5, 0.6) is 0 Å². The van der Waals surface area contributed by atoms with Gasteiger partial charge in [-0.1, -0.05) is 18.2 Å². The molecular weight excluding hydrogens is 320 g/mol. The summed E-state index contributed by atoms with van der Waals surface area (Å²) in [5.41, 5.74) is 6.82. The molecule has 2 amide bonds. The third-order valence-electron chi connectivity index (χ3n) is 3.60. The van der Waals surface area contributed by atoms with Gasteiger partial charge < -0.3 is 15.5 Å². The van der Waals surface area contributed by atoms with E-state index in [2.05, 4.69) is 10.4 Å². The molecule has 0 spiro atoms. The average molecular weight is 338 g/mol. The van der Waals surface area contributed by atoms with Crippen LogP contribution in [0.2, 0.25) is 0 Å². The summed E-state index contributed by atoms with van der Waals surface area (Å²) in [6.45, 7) is 0.359. The van der Waals surface area contributed by atoms with Crippen molar-refractivity contribution in [2.24, 2.45) is 5.73 Å². The molecule has 0 aliphatic rings. The van der Waals surface area contributed by atoms with Crippen molar-refractivity contribution in [1.82, 2.24) is 15.1 Å². The number of hydrogen-bond acceptors (Lipinski definition) is 4. The van der Waals surface area contributed by atoms with Crippen molar-refractivity contribution in [3.05, 3.63) is 60.5 Å². The van der Waals surface area contributed by atoms with Gasteiger partial charge in [-0.2, -0.15) is 5.10 Å². The molecule has 0 fully saturated rings. The molecule has 1 aromatic carbocycles. The van der Waals surface area contributed by atoms with E-state index in [4.69, 9.17) is 10.2 Å². The number of hydrogen-bond donors (Lipinski definition) is 2. The second-order valence-electron chi connectivity index (χ2n) is 5.47. The van der Waals surface area contributed by atoms with Crippen molar-refractivity contribution in [2.45, 2.75) is 12.8 Å². The molecule has 7 nitrogen and oxygen atoms in total. The zero-order chi connectivity index (χ0) is 17.6. The van der Waals surface area contributed by atoms with Crippen LogP contribution in [0.3, 0.4) is 0 Å². The van der Waals surface area contributed by atoms with Crippen molar-refractivity contribution in [3.8, 4) is 17.1 Å². The Morgan fingerprint density at radius 1 is 1.16 bits per heavy atom. The van der Waals surface area contributed by atoms with E-state index in [0.29, 0.717) is 30.1 Å². The molecule has 128 valence electrons. The number of furan rings is 1. The summed E-state index contributed by atoms with van der Waals surface area (Å²) in [5, 5.41) is 7.27. The van der Waals surface area contributed by atoms with E-state index in [9.17, 15) is 9.59 Å². The standard InChI is InChI=1S/C18H18N4O3/c19-17(23)9-4-10-20-18(24)15-12-14(16-8-5-11-25-16)21-22(15)13-6-2-1-3-7-13/h1-3,5-8,11-12H,4,9-10H2,(H2,19,23)(H,20,24). The Morgan fingerprint density at radius 3 is 2.64 bits per heavy atom. The van der Waals surface area contributed by atoms with Gasteiger partial charge in [-0.25, -0.2) is 4.68 Å². The molecule has 0 bridgehead atoms. The van der Waals surface area contributed by atoms with Crippen molar-refractivity contribution < 1.29 is 14.0 Å². The second-order valence-corrected chi connectivity index (χ2v) is 5.47. The molecule has 0 saturated carbocycles. The minimum absolute atomic E-state index is 0.232. The summed E-state index contributed by atoms with van der Waals surface area (Å²) >= 11 is 0. The quantitative estimate of drug-likeness (QED) is 0.644. The zero-order valence-corrected chi connectivity index (χ0v) is 13.5. The molecule has 7 heteroatoms. The molecule has 0 saturated heterocycles. The van der Waals surface area contributed by atoms with Gasteiger partial charge >= 0.3 is 0 Å². The highest BCUT2D eigenvalue weighted by Crippen LogP contribution is 2.22. The average Bonchev–Trinajstić information content (AvgIpc) is 3.28. The Bertz CT molecular complexity index is 854. The fraction of sp³-hybridized carbons (Fsp3) is 0.167. The van der Waals surface area contributed by atoms with Gasteiger partial charge in [0.15, 0.2) is 5.76 Å². The maximum absolute atomic E-state index is 12.5. The predicted molar refractivity (Wildman–Crippen MR) is 92.0 cm³/mol. The molecule has 25 heavy (non-hydrogen) atoms. The number of benzene rings is 1. The minimum Gasteiger partial charge on any atom is -0.463 e. The first kappa shape index (κ1) is 16.5. The van der Waals surface area contributed by atoms with Crippen molar-refractivity contribution in [2.75, 3.05) is 6.54 Å². The molecule has 3 rings (SSSR count). The maximum atomic E-state index is 12.5. The third-order valence-corrected chi connectivity index (χ3v) is 3.60. The predicted octanol–water partition coefficient (Wildman–Crippen LogP) is 2.13. The fourth-order valence-electron chi connectivity index (χ4n) is 2.41. The molecule has 0 aliphatic heterocycles. The SMILES string of the molecule is NC(=O)CCCNC(=O)c1cc(-c2ccco2)nn1-c1ccccc1. The summed E-state index contributed by atoms with van der Waals surface area (Å²) in [7, 11) is 0. The first-order chi connectivity index (χ1) is 12.1. The van der Waals surface area contributed by atoms with Gasteiger partial charge in [-0.3, -0.25) is 9.59 Å². The number of rotatable bonds is 7. The summed E-state index contributed by atoms with van der Waals surface area (Å²) in [6.07, 6.45) is 2.28. The molecule has 2 aromatic heterocycles. The zero-order valence-electron chi connectivity index (χ0n) is 13.5. The molecule has 0 radical (unpaired) electrons. The van der Waals surface area contributed by atoms with Crippen LogP contribution in [0, 0.1) is 0 Å². The van der Waals surface area contributed by atoms with Crippen molar-refractivity contribution in [3.63, 3.8) is 0 Å². The maximum Gasteiger partial charge on any atom is 0.270 e. The number of carbonyl (C=O) groups is 2. The first-order valence-corrected chi connectivity index (χ1v) is 7.91. The Labute approximate surface area is 144 Å². The highest BCUT2D eigenvalue weighted by Gasteiger charge is 2.18. The van der Waals surface area contributed by atoms with Gasteiger partial charge in [0.05, 0.1) is 12.0 Å². The Hall–Kier alpha value is -3.35. The lowest BCUT2D eigenvalue weighted by Crippen LogP contribution is -2.27. The van der Waals surface area contributed by atoms with Crippen LogP contribution in [-0.2, 0) is 4.79 Å². The monoisotopic (exact) mass is 338 g/mol. The van der Waals surface area contributed by atoms with E-state index >= 15 is 0 Å². The lowest BCUT2D eigenvalue weighted by Gasteiger charge is -2.07. The molecule has 0 atom stereocenters. The second kappa shape index (κ2) is 7.48. The summed E-state index contributed by atoms with van der Waals surface area (Å²) in [5.74, 6) is -0.0835. The summed E-state index contributed by atoms with van der Waals surface area (Å²) in [4.78, 5) is 23.3. The lowest BCUT2D eigenvalue weighted by molar-refractivity contribution is -0.118. The minimum atomic E-state index is -0.385.